The summed E-state index contributed by atoms with van der Waals surface area (Å²) in [5.41, 5.74) is 3.58. The van der Waals surface area contributed by atoms with Gasteiger partial charge in [-0.05, 0) is 18.2 Å². The van der Waals surface area contributed by atoms with Crippen LogP contribution in [0.2, 0.25) is 0 Å². The van der Waals surface area contributed by atoms with Gasteiger partial charge in [0, 0.05) is 56.0 Å². The van der Waals surface area contributed by atoms with E-state index in [4.69, 9.17) is 19.2 Å². The molecule has 0 radical (unpaired) electrons. The number of aryl methyl sites for hydroxylation is 1. The molecular weight excluding hydrogens is 450 g/mol. The van der Waals surface area contributed by atoms with Gasteiger partial charge in [0.15, 0.2) is 0 Å². The van der Waals surface area contributed by atoms with E-state index in [0.29, 0.717) is 47.7 Å². The van der Waals surface area contributed by atoms with Crippen molar-refractivity contribution in [1.29, 1.82) is 0 Å². The normalized spacial score (nSPS) is 14.1. The molecule has 1 amide bonds. The van der Waals surface area contributed by atoms with Gasteiger partial charge in [-0.25, -0.2) is 0 Å². The van der Waals surface area contributed by atoms with Crippen LogP contribution < -0.4 is 20.1 Å². The van der Waals surface area contributed by atoms with Crippen molar-refractivity contribution in [3.8, 4) is 22.8 Å². The Balaban J connectivity index is 1.55. The van der Waals surface area contributed by atoms with Crippen molar-refractivity contribution < 1.29 is 19.0 Å². The number of nitrogens with zero attached hydrogens (tertiary/aromatic N) is 4. The third kappa shape index (κ3) is 4.62. The maximum Gasteiger partial charge on any atom is 0.251 e. The first-order valence-corrected chi connectivity index (χ1v) is 11.4. The molecule has 3 aromatic heterocycles. The number of nitrogens with one attached hydrogen (secondary N) is 3. The highest BCUT2D eigenvalue weighted by Crippen LogP contribution is 2.36. The number of benzene rings is 1. The Morgan fingerprint density at radius 1 is 1.26 bits per heavy atom. The molecule has 1 aliphatic heterocycles. The Hall–Kier alpha value is -4.12. The summed E-state index contributed by atoms with van der Waals surface area (Å²) < 4.78 is 19.1. The van der Waals surface area contributed by atoms with Gasteiger partial charge in [0.2, 0.25) is 11.8 Å². The van der Waals surface area contributed by atoms with E-state index in [0.717, 1.165) is 29.4 Å². The molecule has 35 heavy (non-hydrogen) atoms. The number of aromatic amines is 1. The minimum atomic E-state index is -0.200. The fourth-order valence-corrected chi connectivity index (χ4v) is 4.08. The SMILES string of the molecule is CNC(=O)c1ccc(Nc2nc(OC3CCOCC3)c3c(-c4cnn(C)c4)c[nH]c3n2)c(OC)c1. The number of amides is 1. The van der Waals surface area contributed by atoms with Gasteiger partial charge in [-0.15, -0.1) is 0 Å². The summed E-state index contributed by atoms with van der Waals surface area (Å²) in [6.45, 7) is 1.31. The van der Waals surface area contributed by atoms with Gasteiger partial charge in [-0.2, -0.15) is 15.1 Å². The standard InChI is InChI=1S/C24H27N7O4/c1-25-22(32)14-4-5-18(19(10-14)33-3)28-24-29-21-20(17(12-26-21)15-11-27-31(2)13-15)23(30-24)35-16-6-8-34-9-7-16/h4-5,10-13,16H,6-9H2,1-3H3,(H,25,32)(H2,26,28,29,30). The van der Waals surface area contributed by atoms with E-state index in [1.165, 1.54) is 0 Å². The molecule has 0 aliphatic carbocycles. The molecule has 4 heterocycles. The first-order chi connectivity index (χ1) is 17.1. The smallest absolute Gasteiger partial charge is 0.251 e. The third-order valence-corrected chi connectivity index (χ3v) is 5.90. The van der Waals surface area contributed by atoms with Crippen LogP contribution in [0.15, 0.2) is 36.8 Å². The predicted octanol–water partition coefficient (Wildman–Crippen LogP) is 3.03. The molecule has 1 fully saturated rings. The molecule has 0 unspecified atom stereocenters. The summed E-state index contributed by atoms with van der Waals surface area (Å²) in [5.74, 6) is 1.11. The maximum absolute atomic E-state index is 12.0. The van der Waals surface area contributed by atoms with Crippen molar-refractivity contribution in [1.82, 2.24) is 30.0 Å². The highest BCUT2D eigenvalue weighted by molar-refractivity contribution is 5.98. The maximum atomic E-state index is 12.0. The average molecular weight is 478 g/mol. The van der Waals surface area contributed by atoms with Gasteiger partial charge < -0.3 is 29.8 Å². The zero-order valence-corrected chi connectivity index (χ0v) is 19.8. The molecule has 11 nitrogen and oxygen atoms in total. The molecule has 1 aliphatic rings. The van der Waals surface area contributed by atoms with E-state index < -0.39 is 0 Å². The van der Waals surface area contributed by atoms with Crippen molar-refractivity contribution in [2.24, 2.45) is 7.05 Å². The lowest BCUT2D eigenvalue weighted by Crippen LogP contribution is -2.26. The Morgan fingerprint density at radius 2 is 2.09 bits per heavy atom. The summed E-state index contributed by atoms with van der Waals surface area (Å²) in [6, 6.07) is 5.12. The van der Waals surface area contributed by atoms with Crippen LogP contribution in [0.5, 0.6) is 11.6 Å². The van der Waals surface area contributed by atoms with E-state index in [1.807, 2.05) is 19.4 Å². The molecule has 5 rings (SSSR count). The number of ether oxygens (including phenoxy) is 3. The second-order valence-electron chi connectivity index (χ2n) is 8.23. The third-order valence-electron chi connectivity index (χ3n) is 5.90. The Bertz CT molecular complexity index is 1360. The van der Waals surface area contributed by atoms with E-state index in [9.17, 15) is 4.79 Å². The lowest BCUT2D eigenvalue weighted by atomic mass is 10.1. The highest BCUT2D eigenvalue weighted by atomic mass is 16.5. The molecular formula is C24H27N7O4. The van der Waals surface area contributed by atoms with E-state index >= 15 is 0 Å². The van der Waals surface area contributed by atoms with Crippen molar-refractivity contribution in [2.45, 2.75) is 18.9 Å². The molecule has 182 valence electrons. The Labute approximate surface area is 201 Å². The lowest BCUT2D eigenvalue weighted by Gasteiger charge is -2.23. The average Bonchev–Trinajstić information content (AvgIpc) is 3.50. The minimum Gasteiger partial charge on any atom is -0.495 e. The number of aromatic nitrogens is 5. The second-order valence-corrected chi connectivity index (χ2v) is 8.23. The highest BCUT2D eigenvalue weighted by Gasteiger charge is 2.22. The number of carbonyl (C=O) groups excluding carboxylic acids is 1. The van der Waals surface area contributed by atoms with Gasteiger partial charge in [0.25, 0.3) is 5.91 Å². The van der Waals surface area contributed by atoms with Crippen LogP contribution in [-0.4, -0.2) is 64.1 Å². The van der Waals surface area contributed by atoms with Crippen LogP contribution in [0.25, 0.3) is 22.2 Å². The van der Waals surface area contributed by atoms with Gasteiger partial charge in [-0.3, -0.25) is 9.48 Å². The van der Waals surface area contributed by atoms with Crippen LogP contribution in [-0.2, 0) is 11.8 Å². The number of methoxy groups -OCH3 is 1. The Morgan fingerprint density at radius 3 is 2.80 bits per heavy atom. The minimum absolute atomic E-state index is 0.00674. The van der Waals surface area contributed by atoms with Gasteiger partial charge >= 0.3 is 0 Å². The van der Waals surface area contributed by atoms with Gasteiger partial charge in [0.1, 0.15) is 17.5 Å². The number of hydrogen-bond acceptors (Lipinski definition) is 8. The summed E-state index contributed by atoms with van der Waals surface area (Å²) in [4.78, 5) is 24.7. The molecule has 0 spiro atoms. The zero-order valence-electron chi connectivity index (χ0n) is 19.8. The monoisotopic (exact) mass is 477 g/mol. The summed E-state index contributed by atoms with van der Waals surface area (Å²) in [5, 5.41) is 10.9. The molecule has 0 atom stereocenters. The number of carbonyl (C=O) groups is 1. The molecule has 1 aromatic carbocycles. The van der Waals surface area contributed by atoms with Gasteiger partial charge in [0.05, 0.1) is 37.6 Å². The summed E-state index contributed by atoms with van der Waals surface area (Å²) >= 11 is 0. The van der Waals surface area contributed by atoms with Crippen molar-refractivity contribution in [2.75, 3.05) is 32.7 Å². The quantitative estimate of drug-likeness (QED) is 0.371. The van der Waals surface area contributed by atoms with E-state index in [1.54, 1.807) is 43.2 Å². The van der Waals surface area contributed by atoms with Crippen molar-refractivity contribution >= 4 is 28.6 Å². The van der Waals surface area contributed by atoms with Crippen LogP contribution in [0, 0.1) is 0 Å². The fourth-order valence-electron chi connectivity index (χ4n) is 4.08. The van der Waals surface area contributed by atoms with Crippen molar-refractivity contribution in [3.63, 3.8) is 0 Å². The first-order valence-electron chi connectivity index (χ1n) is 11.4. The van der Waals surface area contributed by atoms with E-state index in [2.05, 4.69) is 25.7 Å². The number of hydrogen-bond donors (Lipinski definition) is 3. The number of fused-ring (bicyclic) bond motifs is 1. The summed E-state index contributed by atoms with van der Waals surface area (Å²) in [7, 11) is 5.00. The largest absolute Gasteiger partial charge is 0.495 e. The first kappa shape index (κ1) is 22.7. The van der Waals surface area contributed by atoms with Crippen LogP contribution >= 0.6 is 0 Å². The molecule has 0 saturated carbocycles. The molecule has 0 bridgehead atoms. The fraction of sp³-hybridized carbons (Fsp3) is 0.333. The topological polar surface area (TPSA) is 128 Å². The van der Waals surface area contributed by atoms with Gasteiger partial charge in [-0.1, -0.05) is 0 Å². The molecule has 11 heteroatoms. The zero-order chi connectivity index (χ0) is 24.4. The second kappa shape index (κ2) is 9.63. The lowest BCUT2D eigenvalue weighted by molar-refractivity contribution is 0.0244. The number of rotatable bonds is 7. The van der Waals surface area contributed by atoms with Crippen LogP contribution in [0.4, 0.5) is 11.6 Å². The Kier molecular flexibility index (Phi) is 6.23. The van der Waals surface area contributed by atoms with E-state index in [-0.39, 0.29) is 12.0 Å². The summed E-state index contributed by atoms with van der Waals surface area (Å²) in [6.07, 6.45) is 7.19. The molecule has 4 aromatic rings. The number of H-pyrrole nitrogens is 1. The number of anilines is 2. The molecule has 1 saturated heterocycles. The predicted molar refractivity (Wildman–Crippen MR) is 130 cm³/mol. The van der Waals surface area contributed by atoms with Crippen LogP contribution in [0.1, 0.15) is 23.2 Å². The van der Waals surface area contributed by atoms with Crippen molar-refractivity contribution in [3.05, 3.63) is 42.4 Å². The van der Waals surface area contributed by atoms with Crippen LogP contribution in [0.3, 0.4) is 0 Å². The molecule has 3 N–H and O–H groups in total.